The van der Waals surface area contributed by atoms with Gasteiger partial charge in [-0.3, -0.25) is 4.79 Å². The van der Waals surface area contributed by atoms with E-state index in [0.717, 1.165) is 4.90 Å². The second-order valence-corrected chi connectivity index (χ2v) is 9.85. The van der Waals surface area contributed by atoms with Crippen molar-refractivity contribution >= 4 is 39.3 Å². The highest BCUT2D eigenvalue weighted by Crippen LogP contribution is 2.35. The molecule has 1 unspecified atom stereocenters. The number of hydrogen-bond donors (Lipinski definition) is 2. The molecule has 4 rings (SSSR count). The molecule has 1 atom stereocenters. The molecule has 2 heterocycles. The van der Waals surface area contributed by atoms with E-state index >= 15 is 0 Å². The minimum absolute atomic E-state index is 0.0186. The molecule has 0 saturated heterocycles. The van der Waals surface area contributed by atoms with Crippen LogP contribution in [-0.2, 0) is 14.8 Å². The zero-order valence-corrected chi connectivity index (χ0v) is 18.7. The number of nitrogens with one attached hydrogen (secondary N) is 2. The number of rotatable bonds is 7. The lowest BCUT2D eigenvalue weighted by Crippen LogP contribution is -2.22. The molecule has 3 aromatic rings. The summed E-state index contributed by atoms with van der Waals surface area (Å²) in [5, 5.41) is 2.41. The summed E-state index contributed by atoms with van der Waals surface area (Å²) in [6, 6.07) is 13.0. The predicted molar refractivity (Wildman–Crippen MR) is 121 cm³/mol. The number of sulfonamides is 1. The summed E-state index contributed by atoms with van der Waals surface area (Å²) < 4.78 is 38.3. The number of ether oxygens (including phenoxy) is 2. The maximum Gasteiger partial charge on any atom is 0.264 e. The van der Waals surface area contributed by atoms with Crippen LogP contribution in [0, 0.1) is 0 Å². The fourth-order valence-corrected chi connectivity index (χ4v) is 4.70. The van der Waals surface area contributed by atoms with Crippen molar-refractivity contribution < 1.29 is 22.7 Å². The Morgan fingerprint density at radius 3 is 2.44 bits per heavy atom. The SMILES string of the molecule is CC(Sc1ccc2c(c1)OCCO2)C(=O)Nc1ccc(S(=O)(=O)Nc2ncccn2)cc1. The first kappa shape index (κ1) is 21.9. The Kier molecular flexibility index (Phi) is 6.47. The van der Waals surface area contributed by atoms with Crippen molar-refractivity contribution in [3.05, 3.63) is 60.9 Å². The van der Waals surface area contributed by atoms with E-state index in [-0.39, 0.29) is 16.8 Å². The summed E-state index contributed by atoms with van der Waals surface area (Å²) in [5.41, 5.74) is 0.486. The predicted octanol–water partition coefficient (Wildman–Crippen LogP) is 3.17. The van der Waals surface area contributed by atoms with E-state index in [1.807, 2.05) is 18.2 Å². The Morgan fingerprint density at radius 1 is 1.03 bits per heavy atom. The second-order valence-electron chi connectivity index (χ2n) is 6.76. The van der Waals surface area contributed by atoms with E-state index < -0.39 is 15.3 Å². The van der Waals surface area contributed by atoms with E-state index in [2.05, 4.69) is 20.0 Å². The number of amides is 1. The topological polar surface area (TPSA) is 120 Å². The van der Waals surface area contributed by atoms with Crippen molar-refractivity contribution in [3.63, 3.8) is 0 Å². The van der Waals surface area contributed by atoms with Gasteiger partial charge in [-0.25, -0.2) is 23.1 Å². The number of fused-ring (bicyclic) bond motifs is 1. The van der Waals surface area contributed by atoms with E-state index in [0.29, 0.717) is 30.4 Å². The lowest BCUT2D eigenvalue weighted by Gasteiger charge is -2.19. The molecule has 166 valence electrons. The van der Waals surface area contributed by atoms with Crippen LogP contribution in [-0.4, -0.2) is 42.8 Å². The van der Waals surface area contributed by atoms with Gasteiger partial charge in [0.15, 0.2) is 11.5 Å². The molecule has 0 saturated carbocycles. The third-order valence-corrected chi connectivity index (χ3v) is 6.86. The average molecular weight is 473 g/mol. The molecule has 0 bridgehead atoms. The zero-order valence-electron chi connectivity index (χ0n) is 17.0. The van der Waals surface area contributed by atoms with Crippen LogP contribution in [0.5, 0.6) is 11.5 Å². The van der Waals surface area contributed by atoms with Gasteiger partial charge in [-0.05, 0) is 55.5 Å². The van der Waals surface area contributed by atoms with Gasteiger partial charge in [-0.1, -0.05) is 0 Å². The first-order valence-corrected chi connectivity index (χ1v) is 12.0. The fraction of sp³-hybridized carbons (Fsp3) is 0.190. The number of carbonyl (C=O) groups excluding carboxylic acids is 1. The van der Waals surface area contributed by atoms with Gasteiger partial charge < -0.3 is 14.8 Å². The van der Waals surface area contributed by atoms with Crippen LogP contribution in [0.15, 0.2) is 70.7 Å². The van der Waals surface area contributed by atoms with Crippen LogP contribution in [0.25, 0.3) is 0 Å². The Hall–Kier alpha value is -3.31. The molecule has 11 heteroatoms. The Bertz CT molecular complexity index is 1200. The highest BCUT2D eigenvalue weighted by molar-refractivity contribution is 8.00. The third kappa shape index (κ3) is 5.29. The zero-order chi connectivity index (χ0) is 22.6. The Labute approximate surface area is 189 Å². The van der Waals surface area contributed by atoms with E-state index in [1.54, 1.807) is 13.0 Å². The summed E-state index contributed by atoms with van der Waals surface area (Å²) in [5.74, 6) is 1.13. The molecule has 1 aliphatic rings. The highest BCUT2D eigenvalue weighted by Gasteiger charge is 2.19. The monoisotopic (exact) mass is 472 g/mol. The summed E-state index contributed by atoms with van der Waals surface area (Å²) in [7, 11) is -3.84. The van der Waals surface area contributed by atoms with Crippen LogP contribution in [0.4, 0.5) is 11.6 Å². The number of thioether (sulfide) groups is 1. The minimum atomic E-state index is -3.84. The summed E-state index contributed by atoms with van der Waals surface area (Å²) >= 11 is 1.39. The minimum Gasteiger partial charge on any atom is -0.486 e. The van der Waals surface area contributed by atoms with Crippen molar-refractivity contribution in [2.24, 2.45) is 0 Å². The van der Waals surface area contributed by atoms with Crippen LogP contribution in [0.1, 0.15) is 6.92 Å². The normalized spacial score (nSPS) is 13.8. The van der Waals surface area contributed by atoms with Gasteiger partial charge >= 0.3 is 0 Å². The number of benzene rings is 2. The van der Waals surface area contributed by atoms with Crippen molar-refractivity contribution in [2.75, 3.05) is 23.3 Å². The molecule has 1 amide bonds. The van der Waals surface area contributed by atoms with Crippen molar-refractivity contribution in [1.82, 2.24) is 9.97 Å². The number of hydrogen-bond acceptors (Lipinski definition) is 8. The molecule has 1 aromatic heterocycles. The first-order valence-electron chi connectivity index (χ1n) is 9.68. The Balaban J connectivity index is 1.37. The third-order valence-electron chi connectivity index (χ3n) is 4.42. The average Bonchev–Trinajstić information content (AvgIpc) is 2.79. The summed E-state index contributed by atoms with van der Waals surface area (Å²) in [6.07, 6.45) is 2.88. The van der Waals surface area contributed by atoms with E-state index in [9.17, 15) is 13.2 Å². The molecule has 1 aliphatic heterocycles. The molecule has 0 spiro atoms. The molecule has 9 nitrogen and oxygen atoms in total. The standard InChI is InChI=1S/C21H20N4O5S2/c1-14(31-16-5-8-18-19(13-16)30-12-11-29-18)20(26)24-15-3-6-17(7-4-15)32(27,28)25-21-22-9-2-10-23-21/h2-10,13-14H,11-12H2,1H3,(H,24,26)(H,22,23,25). The number of carbonyl (C=O) groups is 1. The molecule has 0 aliphatic carbocycles. The quantitative estimate of drug-likeness (QED) is 0.503. The molecular weight excluding hydrogens is 452 g/mol. The van der Waals surface area contributed by atoms with Gasteiger partial charge in [0.05, 0.1) is 10.1 Å². The van der Waals surface area contributed by atoms with Gasteiger partial charge in [0, 0.05) is 23.0 Å². The van der Waals surface area contributed by atoms with Gasteiger partial charge in [-0.2, -0.15) is 0 Å². The summed E-state index contributed by atoms with van der Waals surface area (Å²) in [4.78, 5) is 21.2. The first-order chi connectivity index (χ1) is 15.4. The van der Waals surface area contributed by atoms with Crippen LogP contribution in [0.2, 0.25) is 0 Å². The molecule has 32 heavy (non-hydrogen) atoms. The second kappa shape index (κ2) is 9.45. The fourth-order valence-electron chi connectivity index (χ4n) is 2.85. The van der Waals surface area contributed by atoms with Crippen molar-refractivity contribution in [3.8, 4) is 11.5 Å². The molecule has 2 aromatic carbocycles. The van der Waals surface area contributed by atoms with Gasteiger partial charge in [0.25, 0.3) is 10.0 Å². The van der Waals surface area contributed by atoms with Gasteiger partial charge in [0.2, 0.25) is 11.9 Å². The van der Waals surface area contributed by atoms with E-state index in [4.69, 9.17) is 9.47 Å². The maximum atomic E-state index is 12.6. The highest BCUT2D eigenvalue weighted by atomic mass is 32.2. The van der Waals surface area contributed by atoms with E-state index in [1.165, 1.54) is 48.4 Å². The molecule has 0 fully saturated rings. The molecular formula is C21H20N4O5S2. The number of nitrogens with zero attached hydrogens (tertiary/aromatic N) is 2. The summed E-state index contributed by atoms with van der Waals surface area (Å²) in [6.45, 7) is 2.81. The molecule has 0 radical (unpaired) electrons. The van der Waals surface area contributed by atoms with Gasteiger partial charge in [-0.15, -0.1) is 11.8 Å². The van der Waals surface area contributed by atoms with Crippen LogP contribution < -0.4 is 19.5 Å². The van der Waals surface area contributed by atoms with Crippen molar-refractivity contribution in [1.29, 1.82) is 0 Å². The van der Waals surface area contributed by atoms with Crippen LogP contribution >= 0.6 is 11.8 Å². The Morgan fingerprint density at radius 2 is 1.72 bits per heavy atom. The molecule has 2 N–H and O–H groups in total. The van der Waals surface area contributed by atoms with Gasteiger partial charge in [0.1, 0.15) is 13.2 Å². The van der Waals surface area contributed by atoms with Crippen molar-refractivity contribution in [2.45, 2.75) is 22.0 Å². The maximum absolute atomic E-state index is 12.6. The largest absolute Gasteiger partial charge is 0.486 e. The number of aromatic nitrogens is 2. The smallest absolute Gasteiger partial charge is 0.264 e. The number of anilines is 2. The van der Waals surface area contributed by atoms with Crippen LogP contribution in [0.3, 0.4) is 0 Å². The lowest BCUT2D eigenvalue weighted by molar-refractivity contribution is -0.115. The lowest BCUT2D eigenvalue weighted by atomic mass is 10.3.